The van der Waals surface area contributed by atoms with E-state index in [1.807, 2.05) is 30.3 Å². The van der Waals surface area contributed by atoms with Crippen molar-refractivity contribution < 1.29 is 9.53 Å². The van der Waals surface area contributed by atoms with Crippen molar-refractivity contribution in [2.45, 2.75) is 13.0 Å². The lowest BCUT2D eigenvalue weighted by atomic mass is 10.1. The summed E-state index contributed by atoms with van der Waals surface area (Å²) in [5, 5.41) is 3.16. The Kier molecular flexibility index (Phi) is 5.76. The molecule has 110 valence electrons. The van der Waals surface area contributed by atoms with Crippen molar-refractivity contribution in [3.63, 3.8) is 0 Å². The molecule has 0 amide bonds. The average molecular weight is 414 g/mol. The van der Waals surface area contributed by atoms with Crippen molar-refractivity contribution in [2.75, 3.05) is 11.9 Å². The fraction of sp³-hybridized carbons (Fsp3) is 0.200. The lowest BCUT2D eigenvalue weighted by molar-refractivity contribution is -0.144. The number of hydrogen-bond donors (Lipinski definition) is 1. The van der Waals surface area contributed by atoms with Crippen LogP contribution in [0, 0.1) is 0 Å². The second-order valence-electron chi connectivity index (χ2n) is 4.24. The van der Waals surface area contributed by atoms with E-state index in [2.05, 4.69) is 42.2 Å². The number of aromatic nitrogens is 1. The molecule has 0 spiro atoms. The Morgan fingerprint density at radius 3 is 2.71 bits per heavy atom. The van der Waals surface area contributed by atoms with E-state index in [0.717, 1.165) is 14.6 Å². The van der Waals surface area contributed by atoms with Gasteiger partial charge in [-0.3, -0.25) is 4.98 Å². The van der Waals surface area contributed by atoms with E-state index in [1.54, 1.807) is 19.2 Å². The topological polar surface area (TPSA) is 51.2 Å². The summed E-state index contributed by atoms with van der Waals surface area (Å²) >= 11 is 6.74. The number of ether oxygens (including phenoxy) is 1. The van der Waals surface area contributed by atoms with E-state index in [-0.39, 0.29) is 5.97 Å². The zero-order valence-electron chi connectivity index (χ0n) is 11.3. The summed E-state index contributed by atoms with van der Waals surface area (Å²) in [6.07, 6.45) is 1.66. The molecule has 0 aliphatic heterocycles. The molecule has 1 unspecified atom stereocenters. The molecule has 0 aliphatic rings. The SMILES string of the molecule is CCOC(=O)C(Nc1cccc(Br)c1)c1ccc(Br)cn1. The molecule has 0 bridgehead atoms. The molecule has 21 heavy (non-hydrogen) atoms. The van der Waals surface area contributed by atoms with E-state index in [0.29, 0.717) is 12.3 Å². The van der Waals surface area contributed by atoms with E-state index >= 15 is 0 Å². The number of benzene rings is 1. The first-order valence-corrected chi connectivity index (χ1v) is 7.99. The van der Waals surface area contributed by atoms with Crippen molar-refractivity contribution >= 4 is 43.5 Å². The highest BCUT2D eigenvalue weighted by Gasteiger charge is 2.23. The van der Waals surface area contributed by atoms with E-state index < -0.39 is 6.04 Å². The quantitative estimate of drug-likeness (QED) is 0.741. The van der Waals surface area contributed by atoms with E-state index in [4.69, 9.17) is 4.74 Å². The van der Waals surface area contributed by atoms with Crippen LogP contribution in [0.3, 0.4) is 0 Å². The van der Waals surface area contributed by atoms with Crippen LogP contribution < -0.4 is 5.32 Å². The number of anilines is 1. The van der Waals surface area contributed by atoms with Gasteiger partial charge in [0.1, 0.15) is 0 Å². The highest BCUT2D eigenvalue weighted by Crippen LogP contribution is 2.23. The summed E-state index contributed by atoms with van der Waals surface area (Å²) in [6, 6.07) is 10.6. The Balaban J connectivity index is 2.27. The molecule has 0 fully saturated rings. The fourth-order valence-electron chi connectivity index (χ4n) is 1.78. The molecule has 0 radical (unpaired) electrons. The number of nitrogens with zero attached hydrogens (tertiary/aromatic N) is 1. The smallest absolute Gasteiger partial charge is 0.334 e. The predicted octanol–water partition coefficient (Wildman–Crippen LogP) is 4.32. The summed E-state index contributed by atoms with van der Waals surface area (Å²) in [4.78, 5) is 16.4. The molecule has 1 atom stereocenters. The van der Waals surface area contributed by atoms with Crippen molar-refractivity contribution in [1.82, 2.24) is 4.98 Å². The molecule has 2 rings (SSSR count). The van der Waals surface area contributed by atoms with Gasteiger partial charge in [-0.05, 0) is 53.2 Å². The fourth-order valence-corrected chi connectivity index (χ4v) is 2.42. The van der Waals surface area contributed by atoms with Crippen LogP contribution in [0.15, 0.2) is 51.5 Å². The van der Waals surface area contributed by atoms with Gasteiger partial charge in [0.15, 0.2) is 6.04 Å². The standard InChI is InChI=1S/C15H14Br2N2O2/c1-2-21-15(20)14(13-7-6-11(17)9-18-13)19-12-5-3-4-10(16)8-12/h3-9,14,19H,2H2,1H3. The summed E-state index contributed by atoms with van der Waals surface area (Å²) < 4.78 is 6.91. The first-order chi connectivity index (χ1) is 10.1. The van der Waals surface area contributed by atoms with Gasteiger partial charge in [-0.25, -0.2) is 4.79 Å². The van der Waals surface area contributed by atoms with Crippen LogP contribution in [0.5, 0.6) is 0 Å². The molecule has 4 nitrogen and oxygen atoms in total. The van der Waals surface area contributed by atoms with Crippen molar-refractivity contribution in [3.05, 3.63) is 57.2 Å². The van der Waals surface area contributed by atoms with Gasteiger partial charge in [-0.15, -0.1) is 0 Å². The minimum absolute atomic E-state index is 0.325. The summed E-state index contributed by atoms with van der Waals surface area (Å²) in [5.74, 6) is -0.354. The van der Waals surface area contributed by atoms with Gasteiger partial charge >= 0.3 is 5.97 Å². The van der Waals surface area contributed by atoms with Crippen molar-refractivity contribution in [2.24, 2.45) is 0 Å². The zero-order chi connectivity index (χ0) is 15.2. The molecule has 0 saturated carbocycles. The van der Waals surface area contributed by atoms with Gasteiger partial charge < -0.3 is 10.1 Å². The summed E-state index contributed by atoms with van der Waals surface area (Å²) in [7, 11) is 0. The van der Waals surface area contributed by atoms with Gasteiger partial charge in [-0.2, -0.15) is 0 Å². The molecule has 2 aromatic rings. The normalized spacial score (nSPS) is 11.8. The Labute approximate surface area is 140 Å². The number of rotatable bonds is 5. The maximum Gasteiger partial charge on any atom is 0.334 e. The summed E-state index contributed by atoms with van der Waals surface area (Å²) in [6.45, 7) is 2.11. The number of carbonyl (C=O) groups is 1. The zero-order valence-corrected chi connectivity index (χ0v) is 14.5. The van der Waals surface area contributed by atoms with Gasteiger partial charge in [0, 0.05) is 20.8 Å². The molecule has 0 aliphatic carbocycles. The highest BCUT2D eigenvalue weighted by molar-refractivity contribution is 9.10. The molecule has 6 heteroatoms. The van der Waals surface area contributed by atoms with Gasteiger partial charge in [-0.1, -0.05) is 22.0 Å². The third-order valence-corrected chi connectivity index (χ3v) is 3.67. The molecular formula is C15H14Br2N2O2. The minimum Gasteiger partial charge on any atom is -0.464 e. The van der Waals surface area contributed by atoms with Gasteiger partial charge in [0.2, 0.25) is 0 Å². The minimum atomic E-state index is -0.646. The van der Waals surface area contributed by atoms with Crippen molar-refractivity contribution in [3.8, 4) is 0 Å². The monoisotopic (exact) mass is 412 g/mol. The van der Waals surface area contributed by atoms with Crippen LogP contribution in [0.4, 0.5) is 5.69 Å². The molecular weight excluding hydrogens is 400 g/mol. The number of nitrogens with one attached hydrogen (secondary N) is 1. The van der Waals surface area contributed by atoms with Crippen LogP contribution in [-0.4, -0.2) is 17.6 Å². The Morgan fingerprint density at radius 2 is 2.10 bits per heavy atom. The van der Waals surface area contributed by atoms with E-state index in [1.165, 1.54) is 0 Å². The van der Waals surface area contributed by atoms with Crippen LogP contribution in [0.1, 0.15) is 18.7 Å². The van der Waals surface area contributed by atoms with Gasteiger partial charge in [0.05, 0.1) is 12.3 Å². The number of pyridine rings is 1. The largest absolute Gasteiger partial charge is 0.464 e. The van der Waals surface area contributed by atoms with Crippen molar-refractivity contribution in [1.29, 1.82) is 0 Å². The first-order valence-electron chi connectivity index (χ1n) is 6.40. The molecule has 1 aromatic carbocycles. The second kappa shape index (κ2) is 7.56. The molecule has 0 saturated heterocycles. The Morgan fingerprint density at radius 1 is 1.29 bits per heavy atom. The average Bonchev–Trinajstić information content (AvgIpc) is 2.46. The first kappa shape index (κ1) is 16.0. The van der Waals surface area contributed by atoms with Gasteiger partial charge in [0.25, 0.3) is 0 Å². The lowest BCUT2D eigenvalue weighted by Crippen LogP contribution is -2.24. The number of carbonyl (C=O) groups excluding carboxylic acids is 1. The molecule has 1 heterocycles. The van der Waals surface area contributed by atoms with Crippen LogP contribution in [0.25, 0.3) is 0 Å². The van der Waals surface area contributed by atoms with Crippen LogP contribution in [0.2, 0.25) is 0 Å². The number of hydrogen-bond acceptors (Lipinski definition) is 4. The predicted molar refractivity (Wildman–Crippen MR) is 89.1 cm³/mol. The number of halogens is 2. The number of esters is 1. The maximum atomic E-state index is 12.2. The Bertz CT molecular complexity index is 617. The van der Waals surface area contributed by atoms with Crippen LogP contribution >= 0.6 is 31.9 Å². The van der Waals surface area contributed by atoms with E-state index in [9.17, 15) is 4.79 Å². The second-order valence-corrected chi connectivity index (χ2v) is 6.07. The third kappa shape index (κ3) is 4.54. The van der Waals surface area contributed by atoms with Crippen LogP contribution in [-0.2, 0) is 9.53 Å². The lowest BCUT2D eigenvalue weighted by Gasteiger charge is -2.18. The highest BCUT2D eigenvalue weighted by atomic mass is 79.9. The molecule has 1 aromatic heterocycles. The summed E-state index contributed by atoms with van der Waals surface area (Å²) in [5.41, 5.74) is 1.42. The maximum absolute atomic E-state index is 12.2. The molecule has 1 N–H and O–H groups in total. The third-order valence-electron chi connectivity index (χ3n) is 2.70. The Hall–Kier alpha value is -1.40.